The van der Waals surface area contributed by atoms with Gasteiger partial charge in [0, 0.05) is 6.26 Å². The number of hydrogen-bond acceptors (Lipinski definition) is 5. The van der Waals surface area contributed by atoms with Crippen LogP contribution in [0, 0.1) is 5.92 Å². The predicted octanol–water partition coefficient (Wildman–Crippen LogP) is 0.480. The van der Waals surface area contributed by atoms with E-state index in [2.05, 4.69) is 0 Å². The lowest BCUT2D eigenvalue weighted by atomic mass is 9.84. The molecule has 0 radical (unpaired) electrons. The van der Waals surface area contributed by atoms with E-state index in [1.807, 2.05) is 0 Å². The van der Waals surface area contributed by atoms with Gasteiger partial charge in [0.15, 0.2) is 0 Å². The van der Waals surface area contributed by atoms with E-state index < -0.39 is 21.8 Å². The topological polar surface area (TPSA) is 86.5 Å². The molecule has 0 amide bonds. The van der Waals surface area contributed by atoms with E-state index in [-0.39, 0.29) is 11.2 Å². The van der Waals surface area contributed by atoms with Gasteiger partial charge in [0.05, 0.1) is 11.9 Å². The summed E-state index contributed by atoms with van der Waals surface area (Å²) in [5.41, 5.74) is 5.81. The van der Waals surface area contributed by atoms with E-state index in [9.17, 15) is 13.2 Å². The molecule has 0 spiro atoms. The van der Waals surface area contributed by atoms with E-state index in [1.54, 1.807) is 6.92 Å². The average Bonchev–Trinajstić information content (AvgIpc) is 2.27. The van der Waals surface area contributed by atoms with Crippen molar-refractivity contribution in [2.45, 2.75) is 43.9 Å². The Bertz CT molecular complexity index is 366. The molecule has 6 heteroatoms. The highest BCUT2D eigenvalue weighted by Gasteiger charge is 2.34. The molecule has 0 saturated heterocycles. The van der Waals surface area contributed by atoms with Crippen molar-refractivity contribution in [1.29, 1.82) is 0 Å². The number of carbonyl (C=O) groups is 1. The van der Waals surface area contributed by atoms with Crippen molar-refractivity contribution in [3.8, 4) is 0 Å². The van der Waals surface area contributed by atoms with Gasteiger partial charge in [0.25, 0.3) is 0 Å². The van der Waals surface area contributed by atoms with E-state index in [0.29, 0.717) is 19.4 Å². The second-order valence-corrected chi connectivity index (χ2v) is 6.98. The zero-order chi connectivity index (χ0) is 13.1. The zero-order valence-corrected chi connectivity index (χ0v) is 11.2. The van der Waals surface area contributed by atoms with Crippen LogP contribution in [0.25, 0.3) is 0 Å². The summed E-state index contributed by atoms with van der Waals surface area (Å²) >= 11 is 0. The molecule has 0 aromatic carbocycles. The average molecular weight is 263 g/mol. The molecule has 2 N–H and O–H groups in total. The summed E-state index contributed by atoms with van der Waals surface area (Å²) in [5, 5.41) is -0.360. The Morgan fingerprint density at radius 1 is 1.47 bits per heavy atom. The van der Waals surface area contributed by atoms with Crippen LogP contribution in [0.5, 0.6) is 0 Å². The largest absolute Gasteiger partial charge is 0.465 e. The normalized spacial score (nSPS) is 27.5. The molecule has 3 atom stereocenters. The summed E-state index contributed by atoms with van der Waals surface area (Å²) in [6, 6.07) is -0.695. The summed E-state index contributed by atoms with van der Waals surface area (Å²) < 4.78 is 27.9. The standard InChI is InChI=1S/C11H21NO4S/c1-3-16-11(13)10(12)8-5-4-6-9(7-8)17(2,14)15/h8-10H,3-7,12H2,1-2H3. The SMILES string of the molecule is CCOC(=O)C(N)C1CCCC(S(C)(=O)=O)C1. The Hall–Kier alpha value is -0.620. The van der Waals surface area contributed by atoms with Crippen LogP contribution in [0.4, 0.5) is 0 Å². The van der Waals surface area contributed by atoms with Crippen LogP contribution in [0.3, 0.4) is 0 Å². The van der Waals surface area contributed by atoms with Crippen molar-refractivity contribution in [3.05, 3.63) is 0 Å². The number of esters is 1. The van der Waals surface area contributed by atoms with Gasteiger partial charge >= 0.3 is 5.97 Å². The molecule has 1 saturated carbocycles. The molecule has 0 aromatic rings. The Morgan fingerprint density at radius 2 is 2.12 bits per heavy atom. The highest BCUT2D eigenvalue weighted by Crippen LogP contribution is 2.30. The Morgan fingerprint density at radius 3 is 2.65 bits per heavy atom. The lowest BCUT2D eigenvalue weighted by Gasteiger charge is -2.30. The van der Waals surface area contributed by atoms with Crippen molar-refractivity contribution in [2.75, 3.05) is 12.9 Å². The maximum absolute atomic E-state index is 11.5. The first-order valence-corrected chi connectivity index (χ1v) is 7.92. The monoisotopic (exact) mass is 263 g/mol. The Kier molecular flexibility index (Phi) is 4.94. The van der Waals surface area contributed by atoms with Gasteiger partial charge in [-0.3, -0.25) is 4.79 Å². The number of rotatable bonds is 4. The fourth-order valence-corrected chi connectivity index (χ4v) is 3.52. The molecule has 1 aliphatic carbocycles. The molecule has 0 heterocycles. The van der Waals surface area contributed by atoms with Crippen molar-refractivity contribution < 1.29 is 17.9 Å². The Labute approximate surface area is 103 Å². The van der Waals surface area contributed by atoms with Crippen LogP contribution in [-0.4, -0.2) is 38.5 Å². The van der Waals surface area contributed by atoms with E-state index >= 15 is 0 Å². The second kappa shape index (κ2) is 5.82. The summed E-state index contributed by atoms with van der Waals surface area (Å²) in [7, 11) is -3.04. The minimum Gasteiger partial charge on any atom is -0.465 e. The van der Waals surface area contributed by atoms with Gasteiger partial charge in [-0.15, -0.1) is 0 Å². The molecule has 1 aliphatic rings. The van der Waals surface area contributed by atoms with Gasteiger partial charge in [-0.2, -0.15) is 0 Å². The third-order valence-electron chi connectivity index (χ3n) is 3.34. The summed E-state index contributed by atoms with van der Waals surface area (Å²) in [6.07, 6.45) is 3.99. The molecule has 5 nitrogen and oxygen atoms in total. The quantitative estimate of drug-likeness (QED) is 0.745. The maximum Gasteiger partial charge on any atom is 0.323 e. The molecular formula is C11H21NO4S. The molecule has 0 bridgehead atoms. The second-order valence-electron chi connectivity index (χ2n) is 4.66. The molecule has 3 unspecified atom stereocenters. The number of sulfone groups is 1. The van der Waals surface area contributed by atoms with Crippen molar-refractivity contribution in [2.24, 2.45) is 11.7 Å². The lowest BCUT2D eigenvalue weighted by Crippen LogP contribution is -2.43. The van der Waals surface area contributed by atoms with Crippen LogP contribution in [0.1, 0.15) is 32.6 Å². The van der Waals surface area contributed by atoms with Gasteiger partial charge in [-0.05, 0) is 32.1 Å². The lowest BCUT2D eigenvalue weighted by molar-refractivity contribution is -0.146. The van der Waals surface area contributed by atoms with E-state index in [1.165, 1.54) is 6.26 Å². The highest BCUT2D eigenvalue weighted by atomic mass is 32.2. The number of ether oxygens (including phenoxy) is 1. The first-order chi connectivity index (χ1) is 7.86. The molecule has 0 aliphatic heterocycles. The third kappa shape index (κ3) is 3.96. The summed E-state index contributed by atoms with van der Waals surface area (Å²) in [5.74, 6) is -0.505. The minimum atomic E-state index is -3.04. The van der Waals surface area contributed by atoms with E-state index in [4.69, 9.17) is 10.5 Å². The van der Waals surface area contributed by atoms with Crippen molar-refractivity contribution in [3.63, 3.8) is 0 Å². The third-order valence-corrected chi connectivity index (χ3v) is 4.98. The Balaban J connectivity index is 2.63. The van der Waals surface area contributed by atoms with Crippen molar-refractivity contribution in [1.82, 2.24) is 0 Å². The molecule has 1 rings (SSSR count). The van der Waals surface area contributed by atoms with Crippen LogP contribution >= 0.6 is 0 Å². The van der Waals surface area contributed by atoms with Gasteiger partial charge < -0.3 is 10.5 Å². The van der Waals surface area contributed by atoms with Gasteiger partial charge in [-0.25, -0.2) is 8.42 Å². The fraction of sp³-hybridized carbons (Fsp3) is 0.909. The van der Waals surface area contributed by atoms with Crippen LogP contribution in [-0.2, 0) is 19.4 Å². The smallest absolute Gasteiger partial charge is 0.323 e. The highest BCUT2D eigenvalue weighted by molar-refractivity contribution is 7.91. The zero-order valence-electron chi connectivity index (χ0n) is 10.4. The molecular weight excluding hydrogens is 242 g/mol. The first-order valence-electron chi connectivity index (χ1n) is 5.97. The first kappa shape index (κ1) is 14.4. The number of hydrogen-bond donors (Lipinski definition) is 1. The molecule has 1 fully saturated rings. The number of nitrogens with two attached hydrogens (primary N) is 1. The molecule has 100 valence electrons. The minimum absolute atomic E-state index is 0.0810. The molecule has 17 heavy (non-hydrogen) atoms. The van der Waals surface area contributed by atoms with Crippen LogP contribution in [0.15, 0.2) is 0 Å². The summed E-state index contributed by atoms with van der Waals surface area (Å²) in [4.78, 5) is 11.5. The predicted molar refractivity (Wildman–Crippen MR) is 65.2 cm³/mol. The molecule has 0 aromatic heterocycles. The van der Waals surface area contributed by atoms with Crippen LogP contribution in [0.2, 0.25) is 0 Å². The van der Waals surface area contributed by atoms with Gasteiger partial charge in [-0.1, -0.05) is 6.42 Å². The summed E-state index contributed by atoms with van der Waals surface area (Å²) in [6.45, 7) is 2.03. The van der Waals surface area contributed by atoms with Gasteiger partial charge in [0.2, 0.25) is 0 Å². The fourth-order valence-electron chi connectivity index (χ4n) is 2.33. The van der Waals surface area contributed by atoms with Crippen molar-refractivity contribution >= 4 is 15.8 Å². The van der Waals surface area contributed by atoms with E-state index in [0.717, 1.165) is 12.8 Å². The van der Waals surface area contributed by atoms with Crippen LogP contribution < -0.4 is 5.73 Å². The number of carbonyl (C=O) groups excluding carboxylic acids is 1. The maximum atomic E-state index is 11.5. The van der Waals surface area contributed by atoms with Gasteiger partial charge in [0.1, 0.15) is 15.9 Å².